The highest BCUT2D eigenvalue weighted by Gasteiger charge is 2.55. The van der Waals surface area contributed by atoms with Crippen LogP contribution in [0.1, 0.15) is 79.1 Å². The van der Waals surface area contributed by atoms with Crippen molar-refractivity contribution in [1.29, 1.82) is 0 Å². The topological polar surface area (TPSA) is 110 Å². The van der Waals surface area contributed by atoms with Crippen LogP contribution in [0.2, 0.25) is 0 Å². The number of benzene rings is 4. The van der Waals surface area contributed by atoms with Crippen LogP contribution in [-0.2, 0) is 9.53 Å². The zero-order chi connectivity index (χ0) is 44.3. The number of rotatable bonds is 7. The fourth-order valence-corrected chi connectivity index (χ4v) is 10.1. The van der Waals surface area contributed by atoms with Crippen molar-refractivity contribution < 1.29 is 31.9 Å². The average molecular weight is 865 g/mol. The fourth-order valence-electron chi connectivity index (χ4n) is 10.1. The molecule has 10 rings (SSSR count). The molecule has 6 aromatic rings. The van der Waals surface area contributed by atoms with E-state index in [0.29, 0.717) is 19.9 Å². The number of hydrogen-bond acceptors (Lipinski definition) is 7. The van der Waals surface area contributed by atoms with E-state index in [0.717, 1.165) is 96.0 Å². The molecule has 2 unspecified atom stereocenters. The van der Waals surface area contributed by atoms with Crippen LogP contribution in [0.25, 0.3) is 33.2 Å². The molecule has 63 heavy (non-hydrogen) atoms. The third-order valence-corrected chi connectivity index (χ3v) is 13.4. The van der Waals surface area contributed by atoms with Gasteiger partial charge in [0.25, 0.3) is 5.91 Å². The highest BCUT2D eigenvalue weighted by Crippen LogP contribution is 2.49. The summed E-state index contributed by atoms with van der Waals surface area (Å²) in [4.78, 5) is 29.0. The molecule has 330 valence electrons. The lowest BCUT2D eigenvalue weighted by molar-refractivity contribution is -0.144. The number of alkyl halides is 2. The summed E-state index contributed by atoms with van der Waals surface area (Å²) in [5.41, 5.74) is 4.72. The lowest BCUT2D eigenvalue weighted by Crippen LogP contribution is -2.62. The Hall–Kier alpha value is -6.12. The van der Waals surface area contributed by atoms with Crippen LogP contribution in [0, 0.1) is 11.6 Å². The predicted octanol–water partition coefficient (Wildman–Crippen LogP) is 9.63. The molecular formula is C48H52F4N8O3. The summed E-state index contributed by atoms with van der Waals surface area (Å²) in [6.07, 6.45) is 10.8. The molecule has 2 aromatic heterocycles. The summed E-state index contributed by atoms with van der Waals surface area (Å²) in [5.74, 6) is -5.15. The first-order chi connectivity index (χ1) is 30.0. The Morgan fingerprint density at radius 1 is 0.635 bits per heavy atom. The van der Waals surface area contributed by atoms with Gasteiger partial charge in [-0.05, 0) is 157 Å². The van der Waals surface area contributed by atoms with Crippen molar-refractivity contribution in [2.24, 2.45) is 0 Å². The molecule has 11 nitrogen and oxygen atoms in total. The quantitative estimate of drug-likeness (QED) is 0.154. The van der Waals surface area contributed by atoms with Crippen LogP contribution in [-0.4, -0.2) is 79.3 Å². The average Bonchev–Trinajstić information content (AvgIpc) is 4.00. The highest BCUT2D eigenvalue weighted by molar-refractivity contribution is 5.86. The lowest BCUT2D eigenvalue weighted by atomic mass is 9.71. The maximum absolute atomic E-state index is 13.4. The summed E-state index contributed by atoms with van der Waals surface area (Å²) in [7, 11) is 0. The van der Waals surface area contributed by atoms with Crippen LogP contribution in [0.3, 0.4) is 0 Å². The van der Waals surface area contributed by atoms with E-state index in [9.17, 15) is 27.2 Å². The molecular weight excluding hydrogens is 813 g/mol. The van der Waals surface area contributed by atoms with Crippen molar-refractivity contribution >= 4 is 45.2 Å². The van der Waals surface area contributed by atoms with Crippen molar-refractivity contribution in [1.82, 2.24) is 30.2 Å². The Labute approximate surface area is 363 Å². The van der Waals surface area contributed by atoms with Crippen LogP contribution in [0.5, 0.6) is 0 Å². The SMILES string of the molecule is CC(C)(C)OC(=O)NC1CCN(c2ccc3c(cnn3-c3ccc(F)cc3)c2)C12CCC2.CC(F)(F)C(=O)NC1CCN(c2ccc3c(cnn3-c3ccc(F)cc3)c2)C12CCC2. The second-order valence-corrected chi connectivity index (χ2v) is 18.5. The van der Waals surface area contributed by atoms with Gasteiger partial charge < -0.3 is 25.2 Å². The smallest absolute Gasteiger partial charge is 0.407 e. The Morgan fingerprint density at radius 2 is 1.05 bits per heavy atom. The molecule has 2 atom stereocenters. The standard InChI is InChI=1S/C25H29FN4O2.C23H23F3N4O/c1-24(2,3)32-23(31)28-22-11-14-29(25(22)12-4-13-25)20-9-10-21-17(15-20)16-27-30(21)19-7-5-18(26)6-8-19;1-22(25,26)21(31)28-20-9-12-29(23(20)10-2-11-23)18-7-8-19-15(13-18)14-27-30(19)17-5-3-16(24)4-6-17/h5-10,15-16,22H,4,11-14H2,1-3H3,(H,28,31);3-8,13-14,20H,2,9-12H2,1H3,(H,28,31). The van der Waals surface area contributed by atoms with Gasteiger partial charge in [-0.25, -0.2) is 22.9 Å². The van der Waals surface area contributed by atoms with E-state index in [1.54, 1.807) is 35.1 Å². The van der Waals surface area contributed by atoms with Crippen LogP contribution in [0.15, 0.2) is 97.3 Å². The number of amides is 2. The first kappa shape index (κ1) is 42.2. The van der Waals surface area contributed by atoms with Crippen LogP contribution in [0.4, 0.5) is 33.7 Å². The molecule has 2 saturated heterocycles. The molecule has 2 spiro atoms. The number of hydrogen-bond donors (Lipinski definition) is 2. The van der Waals surface area contributed by atoms with Crippen LogP contribution >= 0.6 is 0 Å². The van der Waals surface area contributed by atoms with Gasteiger partial charge in [0.1, 0.15) is 17.2 Å². The van der Waals surface area contributed by atoms with Gasteiger partial charge in [-0.1, -0.05) is 0 Å². The number of fused-ring (bicyclic) bond motifs is 2. The Kier molecular flexibility index (Phi) is 10.6. The molecule has 0 radical (unpaired) electrons. The lowest BCUT2D eigenvalue weighted by Gasteiger charge is -2.50. The van der Waals surface area contributed by atoms with Gasteiger partial charge in [-0.3, -0.25) is 4.79 Å². The number of halogens is 4. The minimum atomic E-state index is -3.38. The van der Waals surface area contributed by atoms with Gasteiger partial charge >= 0.3 is 12.0 Å². The Balaban J connectivity index is 0.000000160. The first-order valence-electron chi connectivity index (χ1n) is 21.7. The predicted molar refractivity (Wildman–Crippen MR) is 235 cm³/mol. The summed E-state index contributed by atoms with van der Waals surface area (Å²) in [5, 5.41) is 16.7. The van der Waals surface area contributed by atoms with E-state index in [1.807, 2.05) is 49.8 Å². The molecule has 4 fully saturated rings. The number of nitrogens with one attached hydrogen (secondary N) is 2. The van der Waals surface area contributed by atoms with E-state index in [2.05, 4.69) is 48.8 Å². The maximum atomic E-state index is 13.4. The van der Waals surface area contributed by atoms with Crippen molar-refractivity contribution in [2.75, 3.05) is 22.9 Å². The van der Waals surface area contributed by atoms with Crippen molar-refractivity contribution in [3.05, 3.63) is 109 Å². The molecule has 2 aliphatic heterocycles. The molecule has 0 bridgehead atoms. The van der Waals surface area contributed by atoms with Crippen molar-refractivity contribution in [3.63, 3.8) is 0 Å². The molecule has 2 saturated carbocycles. The summed E-state index contributed by atoms with van der Waals surface area (Å²) < 4.78 is 62.5. The third-order valence-electron chi connectivity index (χ3n) is 13.4. The zero-order valence-electron chi connectivity index (χ0n) is 35.9. The normalized spacial score (nSPS) is 20.1. The zero-order valence-corrected chi connectivity index (χ0v) is 35.9. The molecule has 4 aromatic carbocycles. The molecule has 2 aliphatic carbocycles. The van der Waals surface area contributed by atoms with Gasteiger partial charge in [0, 0.05) is 42.2 Å². The summed E-state index contributed by atoms with van der Waals surface area (Å²) in [6, 6.07) is 24.7. The van der Waals surface area contributed by atoms with E-state index in [1.165, 1.54) is 24.3 Å². The van der Waals surface area contributed by atoms with Crippen molar-refractivity contribution in [2.45, 2.75) is 114 Å². The number of carbonyl (C=O) groups is 2. The summed E-state index contributed by atoms with van der Waals surface area (Å²) >= 11 is 0. The van der Waals surface area contributed by atoms with Gasteiger partial charge in [0.2, 0.25) is 0 Å². The minimum Gasteiger partial charge on any atom is -0.444 e. The van der Waals surface area contributed by atoms with E-state index in [4.69, 9.17) is 4.74 Å². The van der Waals surface area contributed by atoms with Crippen molar-refractivity contribution in [3.8, 4) is 11.4 Å². The summed E-state index contributed by atoms with van der Waals surface area (Å²) in [6.45, 7) is 7.86. The molecule has 2 amide bonds. The van der Waals surface area contributed by atoms with E-state index >= 15 is 0 Å². The largest absolute Gasteiger partial charge is 0.444 e. The number of nitrogens with zero attached hydrogens (tertiary/aromatic N) is 6. The Morgan fingerprint density at radius 3 is 1.43 bits per heavy atom. The second kappa shape index (κ2) is 15.9. The number of anilines is 2. The number of alkyl carbamates (subject to hydrolysis) is 1. The molecule has 2 N–H and O–H groups in total. The van der Waals surface area contributed by atoms with Gasteiger partial charge in [0.05, 0.1) is 58.0 Å². The first-order valence-corrected chi connectivity index (χ1v) is 21.7. The van der Waals surface area contributed by atoms with Crippen LogP contribution < -0.4 is 20.4 Å². The maximum Gasteiger partial charge on any atom is 0.407 e. The fraction of sp³-hybridized carbons (Fsp3) is 0.417. The third kappa shape index (κ3) is 7.95. The number of ether oxygens (including phenoxy) is 1. The minimum absolute atomic E-state index is 0.0580. The molecule has 4 heterocycles. The van der Waals surface area contributed by atoms with E-state index < -0.39 is 17.4 Å². The van der Waals surface area contributed by atoms with Gasteiger partial charge in [-0.15, -0.1) is 0 Å². The monoisotopic (exact) mass is 864 g/mol. The Bertz CT molecular complexity index is 2640. The highest BCUT2D eigenvalue weighted by atomic mass is 19.3. The molecule has 15 heteroatoms. The molecule has 4 aliphatic rings. The van der Waals surface area contributed by atoms with Gasteiger partial charge in [-0.2, -0.15) is 19.0 Å². The van der Waals surface area contributed by atoms with Gasteiger partial charge in [0.15, 0.2) is 0 Å². The van der Waals surface area contributed by atoms with E-state index in [-0.39, 0.29) is 40.9 Å². The number of aromatic nitrogens is 4. The number of carbonyl (C=O) groups excluding carboxylic acids is 2. The second-order valence-electron chi connectivity index (χ2n) is 18.5.